The second kappa shape index (κ2) is 29.9. The molecule has 0 aromatic heterocycles. The molecule has 0 bridgehead atoms. The molecule has 3 N–H and O–H groups in total. The number of aliphatic hydroxyl groups excluding tert-OH is 1. The summed E-state index contributed by atoms with van der Waals surface area (Å²) in [6.07, 6.45) is -26.2. The number of carboxylic acids is 2. The summed E-state index contributed by atoms with van der Waals surface area (Å²) in [7, 11) is 0. The monoisotopic (exact) mass is 1080 g/mol. The molecule has 4 rings (SSSR count). The molecule has 0 aromatic rings. The predicted octanol–water partition coefficient (Wildman–Crippen LogP) is -6.25. The van der Waals surface area contributed by atoms with E-state index in [9.17, 15) is 55.5 Å². The molecule has 20 unspecified atom stereocenters. The van der Waals surface area contributed by atoms with Crippen molar-refractivity contribution in [3.8, 4) is 0 Å². The Labute approximate surface area is 408 Å². The van der Waals surface area contributed by atoms with Crippen LogP contribution in [0.25, 0.3) is 0 Å². The van der Waals surface area contributed by atoms with Crippen LogP contribution in [0.4, 0.5) is 0 Å². The standard InChI is InChI=1S/C33H54N2O30S4/c1-8-15-10(3)20(17(12(5)47-15)34-13(6)36)49-33-28(57-69-65-61-46)25(55-67-63-59-44)24(26(53-33)30(41)42)52-31-18(35-14(7)37)21(11(4)16(9-2)48-31)50-32-27(56-68-64-60-45)22(54-66-62-58-43)19(38)23(51-32)29(39)40/h10-12,15-28,31-33,38,43-46H,8-9H2,1-7H3,(H,34,36)(H,35,37)(H,39,40)(H,41,42)/p-6. The number of amides is 2. The number of nitrogens with one attached hydrogen (secondary N) is 2. The number of ether oxygens (including phenoxy) is 7. The maximum Gasteiger partial charge on any atom is 0.217 e. The van der Waals surface area contributed by atoms with Gasteiger partial charge in [-0.05, 0) is 19.8 Å². The first kappa shape index (κ1) is 59.9. The second-order valence-electron chi connectivity index (χ2n) is 15.3. The van der Waals surface area contributed by atoms with Crippen molar-refractivity contribution in [1.82, 2.24) is 10.6 Å². The van der Waals surface area contributed by atoms with E-state index in [4.69, 9.17) is 49.9 Å². The van der Waals surface area contributed by atoms with Crippen LogP contribution in [-0.2, 0) is 107 Å². The van der Waals surface area contributed by atoms with E-state index in [1.807, 2.05) is 6.92 Å². The second-order valence-corrected chi connectivity index (χ2v) is 17.1. The van der Waals surface area contributed by atoms with Gasteiger partial charge in [-0.2, -0.15) is 0 Å². The van der Waals surface area contributed by atoms with Crippen molar-refractivity contribution >= 4 is 73.0 Å². The number of carboxylic acid groups (broad SMARTS) is 2. The molecule has 400 valence electrons. The molecule has 4 heterocycles. The molecule has 4 aliphatic heterocycles. The molecule has 32 nitrogen and oxygen atoms in total. The lowest BCUT2D eigenvalue weighted by Crippen LogP contribution is -2.70. The van der Waals surface area contributed by atoms with Gasteiger partial charge >= 0.3 is 0 Å². The Morgan fingerprint density at radius 1 is 0.522 bits per heavy atom. The lowest BCUT2D eigenvalue weighted by atomic mass is 9.85. The highest BCUT2D eigenvalue weighted by molar-refractivity contribution is 7.90. The van der Waals surface area contributed by atoms with Crippen molar-refractivity contribution in [2.24, 2.45) is 11.8 Å². The Morgan fingerprint density at radius 3 is 1.36 bits per heavy atom. The molecular weight excluding hydrogens is 1030 g/mol. The first-order valence-electron chi connectivity index (χ1n) is 20.3. The first-order chi connectivity index (χ1) is 33.0. The van der Waals surface area contributed by atoms with E-state index in [-0.39, 0.29) is 55.7 Å². The Kier molecular flexibility index (Phi) is 25.9. The molecule has 0 aromatic carbocycles. The Hall–Kier alpha value is -1.68. The highest BCUT2D eigenvalue weighted by Gasteiger charge is 2.58. The van der Waals surface area contributed by atoms with Gasteiger partial charge in [0.15, 0.2) is 80.4 Å². The Balaban J connectivity index is 1.81. The molecular formula is C33H48N2O30S4-6. The van der Waals surface area contributed by atoms with Gasteiger partial charge in [-0.15, -0.1) is 17.3 Å². The van der Waals surface area contributed by atoms with E-state index >= 15 is 0 Å². The molecule has 20 atom stereocenters. The van der Waals surface area contributed by atoms with Crippen LogP contribution in [0.15, 0.2) is 0 Å². The maximum absolute atomic E-state index is 13.2. The van der Waals surface area contributed by atoms with Crippen LogP contribution < -0.4 is 41.9 Å². The fraction of sp³-hybridized carbons (Fsp3) is 0.879. The number of hydrogen-bond donors (Lipinski definition) is 3. The largest absolute Gasteiger partial charge is 0.691 e. The van der Waals surface area contributed by atoms with E-state index in [0.29, 0.717) is 6.42 Å². The van der Waals surface area contributed by atoms with Crippen LogP contribution in [-0.4, -0.2) is 139 Å². The number of carbonyl (C=O) groups is 4. The predicted molar refractivity (Wildman–Crippen MR) is 204 cm³/mol. The topological polar surface area (TPSA) is 426 Å². The summed E-state index contributed by atoms with van der Waals surface area (Å²) in [6, 6.07) is -2.50. The maximum atomic E-state index is 13.2. The minimum absolute atomic E-state index is 0.114. The van der Waals surface area contributed by atoms with Gasteiger partial charge in [-0.25, -0.2) is 0 Å². The summed E-state index contributed by atoms with van der Waals surface area (Å²) < 4.78 is 81.9. The van der Waals surface area contributed by atoms with Crippen LogP contribution >= 0.6 is 49.3 Å². The highest BCUT2D eigenvalue weighted by atomic mass is 32.2. The van der Waals surface area contributed by atoms with Gasteiger partial charge < -0.3 is 89.7 Å². The molecule has 69 heavy (non-hydrogen) atoms. The summed E-state index contributed by atoms with van der Waals surface area (Å²) in [5.41, 5.74) is 0. The minimum Gasteiger partial charge on any atom is -0.691 e. The normalized spacial score (nSPS) is 38.3. The molecule has 36 heteroatoms. The minimum atomic E-state index is -2.29. The van der Waals surface area contributed by atoms with E-state index < -0.39 is 146 Å². The molecule has 0 spiro atoms. The zero-order chi connectivity index (χ0) is 50.9. The summed E-state index contributed by atoms with van der Waals surface area (Å²) in [4.78, 5) is 50.8. The van der Waals surface area contributed by atoms with Gasteiger partial charge in [-0.1, -0.05) is 27.7 Å². The molecule has 4 fully saturated rings. The molecule has 0 radical (unpaired) electrons. The molecule has 0 aliphatic carbocycles. The highest BCUT2D eigenvalue weighted by Crippen LogP contribution is 2.41. The third-order valence-electron chi connectivity index (χ3n) is 11.1. The molecule has 4 aliphatic rings. The number of rotatable bonds is 28. The molecule has 4 saturated heterocycles. The van der Waals surface area contributed by atoms with Gasteiger partial charge in [-0.3, -0.25) is 46.5 Å². The van der Waals surface area contributed by atoms with Gasteiger partial charge in [0, 0.05) is 25.7 Å². The number of aliphatic carboxylic acids is 2. The van der Waals surface area contributed by atoms with Gasteiger partial charge in [0.1, 0.15) is 42.7 Å². The van der Waals surface area contributed by atoms with Crippen LogP contribution in [0.2, 0.25) is 0 Å². The van der Waals surface area contributed by atoms with Crippen LogP contribution in [0.3, 0.4) is 0 Å². The van der Waals surface area contributed by atoms with Crippen molar-refractivity contribution in [2.75, 3.05) is 0 Å². The fourth-order valence-electron chi connectivity index (χ4n) is 8.22. The van der Waals surface area contributed by atoms with Crippen molar-refractivity contribution < 1.29 is 143 Å². The van der Waals surface area contributed by atoms with Crippen LogP contribution in [0.1, 0.15) is 61.3 Å². The van der Waals surface area contributed by atoms with Crippen molar-refractivity contribution in [3.05, 3.63) is 0 Å². The Bertz CT molecular complexity index is 1590. The lowest BCUT2D eigenvalue weighted by molar-refractivity contribution is -0.778. The van der Waals surface area contributed by atoms with Crippen LogP contribution in [0.5, 0.6) is 0 Å². The van der Waals surface area contributed by atoms with Crippen molar-refractivity contribution in [2.45, 2.75) is 172 Å². The van der Waals surface area contributed by atoms with Crippen LogP contribution in [0, 0.1) is 11.8 Å². The third kappa shape index (κ3) is 16.2. The summed E-state index contributed by atoms with van der Waals surface area (Å²) in [5, 5.41) is 97.9. The fourth-order valence-corrected chi connectivity index (χ4v) is 9.64. The van der Waals surface area contributed by atoms with Gasteiger partial charge in [0.25, 0.3) is 0 Å². The van der Waals surface area contributed by atoms with E-state index in [1.165, 1.54) is 6.92 Å². The SMILES string of the molecule is CCC1OC(C)C(NC(C)=O)C(OC2OC(C(=O)[O-])C(OC3OC(CC)C(C)C(OC4OC(C(=O)[O-])C(O)C(OSOO[O-])C4OSOO[O-])C3NC(C)=O)C(OSOO[O-])C2OSOO[O-])C1C. The zero-order valence-electron chi connectivity index (χ0n) is 36.9. The van der Waals surface area contributed by atoms with Gasteiger partial charge in [0.05, 0.1) is 48.5 Å². The first-order valence-corrected chi connectivity index (χ1v) is 23.0. The summed E-state index contributed by atoms with van der Waals surface area (Å²) in [6.45, 7) is 10.7. The van der Waals surface area contributed by atoms with E-state index in [0.717, 1.165) is 6.92 Å². The summed E-state index contributed by atoms with van der Waals surface area (Å²) in [5.74, 6) is -6.71. The number of aliphatic hydroxyl groups is 1. The van der Waals surface area contributed by atoms with Crippen molar-refractivity contribution in [3.63, 3.8) is 0 Å². The average molecular weight is 1080 g/mol. The van der Waals surface area contributed by atoms with E-state index in [2.05, 4.69) is 48.1 Å². The third-order valence-corrected chi connectivity index (χ3v) is 12.8. The zero-order valence-corrected chi connectivity index (χ0v) is 40.1. The lowest BCUT2D eigenvalue weighted by Gasteiger charge is -2.52. The smallest absolute Gasteiger partial charge is 0.217 e. The van der Waals surface area contributed by atoms with E-state index in [1.54, 1.807) is 27.7 Å². The Morgan fingerprint density at radius 2 is 0.913 bits per heavy atom. The molecule has 2 amide bonds. The van der Waals surface area contributed by atoms with Gasteiger partial charge in [0.2, 0.25) is 11.8 Å². The quantitative estimate of drug-likeness (QED) is 0.0284. The van der Waals surface area contributed by atoms with Crippen molar-refractivity contribution in [1.29, 1.82) is 0 Å². The summed E-state index contributed by atoms with van der Waals surface area (Å²) >= 11 is -0.641. The average Bonchev–Trinajstić information content (AvgIpc) is 3.30. The number of carbonyl (C=O) groups excluding carboxylic acids is 4. The number of hydrogen-bond acceptors (Lipinski definition) is 34. The molecule has 0 saturated carbocycles.